The highest BCUT2D eigenvalue weighted by molar-refractivity contribution is 5.78. The van der Waals surface area contributed by atoms with Crippen LogP contribution in [0.3, 0.4) is 0 Å². The molecule has 0 unspecified atom stereocenters. The minimum absolute atomic E-state index is 0.360. The van der Waals surface area contributed by atoms with E-state index in [1.165, 1.54) is 70.1 Å². The normalized spacial score (nSPS) is 25.0. The molecule has 0 N–H and O–H groups in total. The van der Waals surface area contributed by atoms with Gasteiger partial charge in [-0.25, -0.2) is 0 Å². The largest absolute Gasteiger partial charge is 0.454 e. The third-order valence-corrected chi connectivity index (χ3v) is 7.43. The predicted octanol–water partition coefficient (Wildman–Crippen LogP) is 5.80. The fourth-order valence-corrected chi connectivity index (χ4v) is 5.69. The van der Waals surface area contributed by atoms with Crippen molar-refractivity contribution in [2.45, 2.75) is 77.6 Å². The maximum absolute atomic E-state index is 12.1. The van der Waals surface area contributed by atoms with Crippen LogP contribution in [0.1, 0.15) is 83.1 Å². The summed E-state index contributed by atoms with van der Waals surface area (Å²) < 4.78 is 11.3. The molecule has 1 saturated heterocycles. The van der Waals surface area contributed by atoms with Crippen molar-refractivity contribution in [1.29, 1.82) is 0 Å². The van der Waals surface area contributed by atoms with Crippen LogP contribution in [0.2, 0.25) is 0 Å². The zero-order valence-electron chi connectivity index (χ0n) is 18.9. The van der Waals surface area contributed by atoms with E-state index in [9.17, 15) is 4.79 Å². The summed E-state index contributed by atoms with van der Waals surface area (Å²) in [6.45, 7) is 8.26. The van der Waals surface area contributed by atoms with E-state index >= 15 is 0 Å². The van der Waals surface area contributed by atoms with E-state index in [-0.39, 0.29) is 0 Å². The van der Waals surface area contributed by atoms with Crippen LogP contribution < -0.4 is 9.47 Å². The summed E-state index contributed by atoms with van der Waals surface area (Å²) in [7, 11) is 0. The highest BCUT2D eigenvalue weighted by Gasteiger charge is 2.28. The Labute approximate surface area is 182 Å². The van der Waals surface area contributed by atoms with Crippen molar-refractivity contribution in [1.82, 2.24) is 4.90 Å². The van der Waals surface area contributed by atoms with E-state index in [4.69, 9.17) is 9.47 Å². The number of rotatable bonds is 8. The van der Waals surface area contributed by atoms with Gasteiger partial charge in [-0.2, -0.15) is 0 Å². The van der Waals surface area contributed by atoms with Crippen LogP contribution in [0, 0.1) is 17.8 Å². The maximum atomic E-state index is 12.1. The molecular formula is C26H39NO3. The quantitative estimate of drug-likeness (QED) is 0.540. The monoisotopic (exact) mass is 413 g/mol. The average molecular weight is 414 g/mol. The molecule has 2 aliphatic heterocycles. The van der Waals surface area contributed by atoms with Gasteiger partial charge in [0.05, 0.1) is 0 Å². The number of piperidine rings is 1. The lowest BCUT2D eigenvalue weighted by Gasteiger charge is -2.34. The molecule has 0 radical (unpaired) electrons. The van der Waals surface area contributed by atoms with Gasteiger partial charge >= 0.3 is 0 Å². The zero-order valence-corrected chi connectivity index (χ0v) is 18.9. The Morgan fingerprint density at radius 3 is 2.50 bits per heavy atom. The molecule has 30 heavy (non-hydrogen) atoms. The van der Waals surface area contributed by atoms with Crippen molar-refractivity contribution < 1.29 is 14.3 Å². The molecule has 1 aromatic rings. The van der Waals surface area contributed by atoms with Crippen molar-refractivity contribution in [3.63, 3.8) is 0 Å². The van der Waals surface area contributed by atoms with Crippen molar-refractivity contribution >= 4 is 5.78 Å². The van der Waals surface area contributed by atoms with Crippen LogP contribution in [-0.2, 0) is 4.79 Å². The molecule has 1 aliphatic carbocycles. The second-order valence-corrected chi connectivity index (χ2v) is 10.2. The van der Waals surface area contributed by atoms with Crippen LogP contribution in [0.15, 0.2) is 18.2 Å². The summed E-state index contributed by atoms with van der Waals surface area (Å²) in [4.78, 5) is 14.8. The number of hydrogen-bond donors (Lipinski definition) is 0. The molecule has 0 bridgehead atoms. The standard InChI is InChI=1S/C26H39NO3/c1-19(2)16-23(28)17-21-8-6-20(7-9-21)10-13-27-14-11-22(12-15-27)24-4-3-5-25-26(24)30-18-29-25/h3-5,19-22H,6-18H2,1-2H3. The fourth-order valence-electron chi connectivity index (χ4n) is 5.69. The number of fused-ring (bicyclic) bond motifs is 1. The Balaban J connectivity index is 1.15. The first kappa shape index (κ1) is 21.7. The molecule has 166 valence electrons. The summed E-state index contributed by atoms with van der Waals surface area (Å²) in [6, 6.07) is 6.33. The Hall–Kier alpha value is -1.55. The Morgan fingerprint density at radius 2 is 1.77 bits per heavy atom. The van der Waals surface area contributed by atoms with Crippen LogP contribution >= 0.6 is 0 Å². The molecule has 4 rings (SSSR count). The smallest absolute Gasteiger partial charge is 0.231 e. The first-order valence-electron chi connectivity index (χ1n) is 12.2. The second-order valence-electron chi connectivity index (χ2n) is 10.2. The van der Waals surface area contributed by atoms with Gasteiger partial charge in [0.2, 0.25) is 6.79 Å². The summed E-state index contributed by atoms with van der Waals surface area (Å²) in [6.07, 6.45) is 10.5. The number of likely N-dealkylation sites (tertiary alicyclic amines) is 1. The third kappa shape index (κ3) is 5.57. The van der Waals surface area contributed by atoms with Crippen LogP contribution in [-0.4, -0.2) is 37.1 Å². The van der Waals surface area contributed by atoms with Crippen molar-refractivity contribution in [3.05, 3.63) is 23.8 Å². The first-order chi connectivity index (χ1) is 14.6. The van der Waals surface area contributed by atoms with Crippen molar-refractivity contribution in [2.24, 2.45) is 17.8 Å². The van der Waals surface area contributed by atoms with E-state index in [1.54, 1.807) is 0 Å². The molecule has 2 fully saturated rings. The molecule has 0 aromatic heterocycles. The van der Waals surface area contributed by atoms with E-state index < -0.39 is 0 Å². The number of para-hydroxylation sites is 1. The molecule has 2 heterocycles. The van der Waals surface area contributed by atoms with Gasteiger partial charge in [0.15, 0.2) is 11.5 Å². The van der Waals surface area contributed by atoms with E-state index in [0.717, 1.165) is 30.3 Å². The zero-order chi connectivity index (χ0) is 20.9. The minimum Gasteiger partial charge on any atom is -0.454 e. The Morgan fingerprint density at radius 1 is 1.03 bits per heavy atom. The molecule has 1 aromatic carbocycles. The van der Waals surface area contributed by atoms with E-state index in [2.05, 4.69) is 30.9 Å². The van der Waals surface area contributed by atoms with Crippen LogP contribution in [0.5, 0.6) is 11.5 Å². The lowest BCUT2D eigenvalue weighted by Crippen LogP contribution is -2.34. The number of Topliss-reactive ketones (excluding diaryl/α,β-unsaturated/α-hetero) is 1. The van der Waals surface area contributed by atoms with Crippen LogP contribution in [0.25, 0.3) is 0 Å². The van der Waals surface area contributed by atoms with Crippen molar-refractivity contribution in [2.75, 3.05) is 26.4 Å². The summed E-state index contributed by atoms with van der Waals surface area (Å²) in [5.41, 5.74) is 1.34. The summed E-state index contributed by atoms with van der Waals surface area (Å²) >= 11 is 0. The average Bonchev–Trinajstić information content (AvgIpc) is 3.22. The predicted molar refractivity (Wildman–Crippen MR) is 120 cm³/mol. The molecule has 1 saturated carbocycles. The van der Waals surface area contributed by atoms with Gasteiger partial charge in [0.25, 0.3) is 0 Å². The van der Waals surface area contributed by atoms with Gasteiger partial charge in [0.1, 0.15) is 5.78 Å². The number of carbonyl (C=O) groups excluding carboxylic acids is 1. The molecule has 0 amide bonds. The number of carbonyl (C=O) groups is 1. The van der Waals surface area contributed by atoms with Gasteiger partial charge in [0, 0.05) is 18.4 Å². The van der Waals surface area contributed by atoms with E-state index in [0.29, 0.717) is 30.3 Å². The molecule has 0 spiro atoms. The number of hydrogen-bond acceptors (Lipinski definition) is 4. The highest BCUT2D eigenvalue weighted by Crippen LogP contribution is 2.42. The van der Waals surface area contributed by atoms with Gasteiger partial charge < -0.3 is 14.4 Å². The van der Waals surface area contributed by atoms with E-state index in [1.807, 2.05) is 6.07 Å². The van der Waals surface area contributed by atoms with Gasteiger partial charge in [-0.15, -0.1) is 0 Å². The van der Waals surface area contributed by atoms with Gasteiger partial charge in [-0.05, 0) is 81.5 Å². The lowest BCUT2D eigenvalue weighted by molar-refractivity contribution is -0.120. The molecule has 4 heteroatoms. The minimum atomic E-state index is 0.360. The first-order valence-corrected chi connectivity index (χ1v) is 12.2. The second kappa shape index (κ2) is 10.2. The lowest BCUT2D eigenvalue weighted by atomic mass is 9.78. The van der Waals surface area contributed by atoms with Crippen molar-refractivity contribution in [3.8, 4) is 11.5 Å². The Kier molecular flexibility index (Phi) is 7.35. The molecule has 3 aliphatic rings. The van der Waals surface area contributed by atoms with Gasteiger partial charge in [-0.1, -0.05) is 38.8 Å². The highest BCUT2D eigenvalue weighted by atomic mass is 16.7. The number of benzene rings is 1. The molecular weight excluding hydrogens is 374 g/mol. The maximum Gasteiger partial charge on any atom is 0.231 e. The Bertz CT molecular complexity index is 700. The molecule has 4 nitrogen and oxygen atoms in total. The number of ketones is 1. The summed E-state index contributed by atoms with van der Waals surface area (Å²) in [5, 5.41) is 0. The van der Waals surface area contributed by atoms with Crippen LogP contribution in [0.4, 0.5) is 0 Å². The third-order valence-electron chi connectivity index (χ3n) is 7.43. The fraction of sp³-hybridized carbons (Fsp3) is 0.731. The SMILES string of the molecule is CC(C)CC(=O)CC1CCC(CCN2CCC(c3cccc4c3OCO4)CC2)CC1. The molecule has 0 atom stereocenters. The number of ether oxygens (including phenoxy) is 2. The van der Waals surface area contributed by atoms with Gasteiger partial charge in [-0.3, -0.25) is 4.79 Å². The number of nitrogens with zero attached hydrogens (tertiary/aromatic N) is 1. The topological polar surface area (TPSA) is 38.8 Å². The summed E-state index contributed by atoms with van der Waals surface area (Å²) in [5.74, 6) is 5.00.